The zero-order valence-corrected chi connectivity index (χ0v) is 19.2. The van der Waals surface area contributed by atoms with Crippen molar-refractivity contribution in [1.82, 2.24) is 25.0 Å². The maximum atomic E-state index is 13.0. The molecule has 0 bridgehead atoms. The molecule has 1 saturated heterocycles. The molecule has 33 heavy (non-hydrogen) atoms. The molecular formula is C25H25N5O2S. The number of rotatable bonds is 5. The Balaban J connectivity index is 1.23. The number of carbonyl (C=O) groups is 2. The molecular weight excluding hydrogens is 434 g/mol. The highest BCUT2D eigenvalue weighted by Crippen LogP contribution is 2.29. The summed E-state index contributed by atoms with van der Waals surface area (Å²) in [5.74, 6) is -0.0362. The Morgan fingerprint density at radius 2 is 1.82 bits per heavy atom. The van der Waals surface area contributed by atoms with Crippen LogP contribution in [0.3, 0.4) is 0 Å². The Bertz CT molecular complexity index is 1270. The van der Waals surface area contributed by atoms with Gasteiger partial charge >= 0.3 is 0 Å². The minimum atomic E-state index is -0.0548. The molecule has 3 aromatic heterocycles. The summed E-state index contributed by atoms with van der Waals surface area (Å²) in [6, 6.07) is 15.7. The number of carbonyl (C=O) groups excluding carboxylic acids is 2. The van der Waals surface area contributed by atoms with Crippen molar-refractivity contribution in [1.29, 1.82) is 0 Å². The second-order valence-corrected chi connectivity index (χ2v) is 9.36. The third-order valence-corrected chi connectivity index (χ3v) is 7.20. The summed E-state index contributed by atoms with van der Waals surface area (Å²) in [6.07, 6.45) is 4.75. The van der Waals surface area contributed by atoms with E-state index in [1.54, 1.807) is 24.5 Å². The van der Waals surface area contributed by atoms with E-state index in [9.17, 15) is 9.59 Å². The molecule has 2 amide bonds. The molecule has 0 aliphatic carbocycles. The highest BCUT2D eigenvalue weighted by Gasteiger charge is 2.26. The molecule has 7 nitrogen and oxygen atoms in total. The van der Waals surface area contributed by atoms with Crippen molar-refractivity contribution in [2.75, 3.05) is 13.1 Å². The van der Waals surface area contributed by atoms with Crippen molar-refractivity contribution >= 4 is 33.4 Å². The lowest BCUT2D eigenvalue weighted by atomic mass is 10.0. The van der Waals surface area contributed by atoms with Crippen LogP contribution in [0, 0.1) is 6.92 Å². The minimum Gasteiger partial charge on any atom is -0.348 e. The zero-order valence-electron chi connectivity index (χ0n) is 18.4. The van der Waals surface area contributed by atoms with Gasteiger partial charge in [-0.25, -0.2) is 0 Å². The van der Waals surface area contributed by atoms with Gasteiger partial charge in [0.2, 0.25) is 0 Å². The summed E-state index contributed by atoms with van der Waals surface area (Å²) in [7, 11) is 0. The molecule has 168 valence electrons. The van der Waals surface area contributed by atoms with Crippen molar-refractivity contribution in [2.24, 2.45) is 0 Å². The van der Waals surface area contributed by atoms with E-state index >= 15 is 0 Å². The molecule has 5 rings (SSSR count). The third kappa shape index (κ3) is 4.52. The van der Waals surface area contributed by atoms with Gasteiger partial charge in [0, 0.05) is 42.5 Å². The number of pyridine rings is 1. The Hall–Kier alpha value is -3.52. The smallest absolute Gasteiger partial charge is 0.261 e. The van der Waals surface area contributed by atoms with E-state index < -0.39 is 0 Å². The monoisotopic (exact) mass is 459 g/mol. The summed E-state index contributed by atoms with van der Waals surface area (Å²) >= 11 is 1.48. The van der Waals surface area contributed by atoms with E-state index in [1.165, 1.54) is 16.9 Å². The van der Waals surface area contributed by atoms with E-state index in [-0.39, 0.29) is 17.9 Å². The predicted octanol–water partition coefficient (Wildman–Crippen LogP) is 3.88. The Morgan fingerprint density at radius 3 is 2.55 bits per heavy atom. The van der Waals surface area contributed by atoms with Crippen LogP contribution in [0.1, 0.15) is 44.1 Å². The van der Waals surface area contributed by atoms with E-state index in [2.05, 4.69) is 27.5 Å². The molecule has 8 heteroatoms. The molecule has 0 radical (unpaired) electrons. The molecule has 4 heterocycles. The van der Waals surface area contributed by atoms with Crippen molar-refractivity contribution in [3.63, 3.8) is 0 Å². The van der Waals surface area contributed by atoms with Gasteiger partial charge < -0.3 is 10.2 Å². The maximum Gasteiger partial charge on any atom is 0.261 e. The van der Waals surface area contributed by atoms with Crippen molar-refractivity contribution in [3.8, 4) is 0 Å². The quantitative estimate of drug-likeness (QED) is 0.491. The number of aryl methyl sites for hydroxylation is 1. The summed E-state index contributed by atoms with van der Waals surface area (Å²) in [4.78, 5) is 33.1. The molecule has 1 fully saturated rings. The summed E-state index contributed by atoms with van der Waals surface area (Å²) in [6.45, 7) is 3.91. The van der Waals surface area contributed by atoms with Crippen LogP contribution in [0.5, 0.6) is 0 Å². The lowest BCUT2D eigenvalue weighted by Gasteiger charge is -2.32. The normalized spacial score (nSPS) is 14.5. The summed E-state index contributed by atoms with van der Waals surface area (Å²) in [5, 5.41) is 8.86. The molecule has 0 unspecified atom stereocenters. The van der Waals surface area contributed by atoms with E-state index in [0.29, 0.717) is 30.1 Å². The first-order chi connectivity index (χ1) is 16.1. The Morgan fingerprint density at radius 1 is 1.09 bits per heavy atom. The first-order valence-corrected chi connectivity index (χ1v) is 11.9. The van der Waals surface area contributed by atoms with Gasteiger partial charge in [-0.05, 0) is 43.5 Å². The molecule has 0 spiro atoms. The second-order valence-electron chi connectivity index (χ2n) is 8.33. The molecule has 0 atom stereocenters. The van der Waals surface area contributed by atoms with Crippen LogP contribution in [0.15, 0.2) is 60.9 Å². The fraction of sp³-hybridized carbons (Fsp3) is 0.280. The Kier molecular flexibility index (Phi) is 5.92. The zero-order chi connectivity index (χ0) is 22.8. The minimum absolute atomic E-state index is 0.0186. The largest absolute Gasteiger partial charge is 0.348 e. The average molecular weight is 460 g/mol. The SMILES string of the molecule is Cc1nn(Cc2ccccc2)c2sc(C(=O)NC3CCN(C(=O)c4ccncc4)CC3)cc12. The van der Waals surface area contributed by atoms with Crippen molar-refractivity contribution in [3.05, 3.63) is 82.6 Å². The van der Waals surface area contributed by atoms with E-state index in [4.69, 9.17) is 0 Å². The molecule has 1 N–H and O–H groups in total. The first kappa shape index (κ1) is 21.3. The number of piperidine rings is 1. The van der Waals surface area contributed by atoms with E-state index in [0.717, 1.165) is 28.8 Å². The van der Waals surface area contributed by atoms with Crippen LogP contribution in [0.25, 0.3) is 10.2 Å². The van der Waals surface area contributed by atoms with Crippen molar-refractivity contribution < 1.29 is 9.59 Å². The summed E-state index contributed by atoms with van der Waals surface area (Å²) in [5.41, 5.74) is 2.76. The highest BCUT2D eigenvalue weighted by molar-refractivity contribution is 7.20. The number of nitrogens with one attached hydrogen (secondary N) is 1. The number of hydrogen-bond donors (Lipinski definition) is 1. The first-order valence-electron chi connectivity index (χ1n) is 11.1. The number of likely N-dealkylation sites (tertiary alicyclic amines) is 1. The Labute approximate surface area is 196 Å². The van der Waals surface area contributed by atoms with Crippen LogP contribution in [-0.2, 0) is 6.54 Å². The number of nitrogens with zero attached hydrogens (tertiary/aromatic N) is 4. The van der Waals surface area contributed by atoms with Gasteiger partial charge in [-0.2, -0.15) is 5.10 Å². The second kappa shape index (κ2) is 9.15. The molecule has 4 aromatic rings. The van der Waals surface area contributed by atoms with Crippen LogP contribution < -0.4 is 5.32 Å². The van der Waals surface area contributed by atoms with Gasteiger partial charge in [0.1, 0.15) is 4.83 Å². The van der Waals surface area contributed by atoms with Gasteiger partial charge in [-0.3, -0.25) is 19.3 Å². The van der Waals surface area contributed by atoms with Gasteiger partial charge in [0.15, 0.2) is 0 Å². The number of aromatic nitrogens is 3. The van der Waals surface area contributed by atoms with Crippen LogP contribution in [0.2, 0.25) is 0 Å². The summed E-state index contributed by atoms with van der Waals surface area (Å²) < 4.78 is 1.98. The van der Waals surface area contributed by atoms with Gasteiger partial charge in [0.25, 0.3) is 11.8 Å². The molecule has 1 aliphatic rings. The molecule has 1 aliphatic heterocycles. The number of benzene rings is 1. The fourth-order valence-electron chi connectivity index (χ4n) is 4.25. The number of thiophene rings is 1. The molecule has 0 saturated carbocycles. The van der Waals surface area contributed by atoms with Gasteiger partial charge in [-0.1, -0.05) is 30.3 Å². The van der Waals surface area contributed by atoms with Gasteiger partial charge in [-0.15, -0.1) is 11.3 Å². The highest BCUT2D eigenvalue weighted by atomic mass is 32.1. The van der Waals surface area contributed by atoms with Gasteiger partial charge in [0.05, 0.1) is 17.1 Å². The standard InChI is InChI=1S/C25H25N5O2S/c1-17-21-15-22(33-25(21)30(28-17)16-18-5-3-2-4-6-18)23(31)27-20-9-13-29(14-10-20)24(32)19-7-11-26-12-8-19/h2-8,11-12,15,20H,9-10,13-14,16H2,1H3,(H,27,31). The number of fused-ring (bicyclic) bond motifs is 1. The molecule has 1 aromatic carbocycles. The predicted molar refractivity (Wildman–Crippen MR) is 129 cm³/mol. The number of amides is 2. The van der Waals surface area contributed by atoms with Crippen LogP contribution in [-0.4, -0.2) is 50.6 Å². The van der Waals surface area contributed by atoms with E-state index in [1.807, 2.05) is 40.8 Å². The average Bonchev–Trinajstić information content (AvgIpc) is 3.42. The maximum absolute atomic E-state index is 13.0. The number of hydrogen-bond acceptors (Lipinski definition) is 5. The fourth-order valence-corrected chi connectivity index (χ4v) is 5.31. The third-order valence-electron chi connectivity index (χ3n) is 6.05. The van der Waals surface area contributed by atoms with Crippen molar-refractivity contribution in [2.45, 2.75) is 32.4 Å². The van der Waals surface area contributed by atoms with Crippen LogP contribution >= 0.6 is 11.3 Å². The lowest BCUT2D eigenvalue weighted by Crippen LogP contribution is -2.46. The lowest BCUT2D eigenvalue weighted by molar-refractivity contribution is 0.0698. The van der Waals surface area contributed by atoms with Crippen LogP contribution in [0.4, 0.5) is 0 Å². The topological polar surface area (TPSA) is 80.1 Å².